The number of alkyl halides is 2. The van der Waals surface area contributed by atoms with E-state index in [4.69, 9.17) is 0 Å². The molecule has 2 aliphatic rings. The third kappa shape index (κ3) is 3.15. The molecule has 1 aromatic heterocycles. The second-order valence-corrected chi connectivity index (χ2v) is 6.97. The van der Waals surface area contributed by atoms with Crippen LogP contribution in [0.1, 0.15) is 43.1 Å². The van der Waals surface area contributed by atoms with Crippen LogP contribution in [0.2, 0.25) is 0 Å². The first-order valence-corrected chi connectivity index (χ1v) is 8.63. The third-order valence-corrected chi connectivity index (χ3v) is 5.15. The van der Waals surface area contributed by atoms with Gasteiger partial charge in [0.2, 0.25) is 5.91 Å². The number of hydrogen-bond acceptors (Lipinski definition) is 3. The van der Waals surface area contributed by atoms with Gasteiger partial charge in [0.1, 0.15) is 6.33 Å². The molecule has 0 N–H and O–H groups in total. The van der Waals surface area contributed by atoms with E-state index in [0.29, 0.717) is 12.4 Å². The first-order valence-electron chi connectivity index (χ1n) is 8.63. The fourth-order valence-corrected chi connectivity index (χ4v) is 3.59. The lowest BCUT2D eigenvalue weighted by Gasteiger charge is -2.32. The Hall–Kier alpha value is -2.31. The second kappa shape index (κ2) is 6.20. The zero-order chi connectivity index (χ0) is 17.4. The van der Waals surface area contributed by atoms with Crippen LogP contribution >= 0.6 is 0 Å². The van der Waals surface area contributed by atoms with Gasteiger partial charge in [-0.25, -0.2) is 8.78 Å². The van der Waals surface area contributed by atoms with Crippen molar-refractivity contribution in [3.05, 3.63) is 48.0 Å². The lowest BCUT2D eigenvalue weighted by atomic mass is 9.84. The number of aromatic nitrogens is 3. The van der Waals surface area contributed by atoms with Crippen LogP contribution in [0.25, 0.3) is 0 Å². The molecule has 2 aromatic rings. The van der Waals surface area contributed by atoms with Crippen molar-refractivity contribution in [2.24, 2.45) is 5.92 Å². The molecule has 2 fully saturated rings. The number of rotatable bonds is 4. The van der Waals surface area contributed by atoms with Gasteiger partial charge >= 0.3 is 0 Å². The Balaban J connectivity index is 1.61. The Kier molecular flexibility index (Phi) is 4.01. The fraction of sp³-hybridized carbons (Fsp3) is 0.500. The van der Waals surface area contributed by atoms with Crippen molar-refractivity contribution < 1.29 is 13.6 Å². The lowest BCUT2D eigenvalue weighted by Crippen LogP contribution is -2.40. The molecule has 1 atom stereocenters. The van der Waals surface area contributed by atoms with Gasteiger partial charge in [-0.1, -0.05) is 36.8 Å². The second-order valence-electron chi connectivity index (χ2n) is 6.97. The van der Waals surface area contributed by atoms with Crippen LogP contribution in [0.4, 0.5) is 8.78 Å². The maximum Gasteiger partial charge on any atom is 0.267 e. The van der Waals surface area contributed by atoms with Gasteiger partial charge in [0.25, 0.3) is 5.92 Å². The Labute approximate surface area is 144 Å². The number of likely N-dealkylation sites (tertiary alicyclic amines) is 1. The van der Waals surface area contributed by atoms with Crippen LogP contribution in [0.3, 0.4) is 0 Å². The van der Waals surface area contributed by atoms with Gasteiger partial charge in [-0.15, -0.1) is 10.2 Å². The highest BCUT2D eigenvalue weighted by molar-refractivity contribution is 5.80. The molecule has 132 valence electrons. The molecule has 1 saturated heterocycles. The highest BCUT2D eigenvalue weighted by Gasteiger charge is 2.50. The molecule has 4 rings (SSSR count). The van der Waals surface area contributed by atoms with Gasteiger partial charge in [-0.2, -0.15) is 0 Å². The Bertz CT molecular complexity index is 757. The minimum Gasteiger partial charge on any atom is -0.326 e. The number of hydrogen-bond donors (Lipinski definition) is 0. The fourth-order valence-electron chi connectivity index (χ4n) is 3.59. The number of halogens is 2. The number of amides is 1. The average molecular weight is 346 g/mol. The van der Waals surface area contributed by atoms with Crippen molar-refractivity contribution in [2.75, 3.05) is 6.54 Å². The van der Waals surface area contributed by atoms with Crippen LogP contribution in [0.15, 0.2) is 36.7 Å². The predicted octanol–water partition coefficient (Wildman–Crippen LogP) is 3.04. The summed E-state index contributed by atoms with van der Waals surface area (Å²) in [5.74, 6) is -2.72. The molecular weight excluding hydrogens is 326 g/mol. The molecule has 1 aliphatic carbocycles. The van der Waals surface area contributed by atoms with E-state index in [0.717, 1.165) is 24.8 Å². The topological polar surface area (TPSA) is 51.0 Å². The molecule has 1 amide bonds. The van der Waals surface area contributed by atoms with E-state index in [1.54, 1.807) is 10.9 Å². The van der Waals surface area contributed by atoms with Crippen LogP contribution in [-0.4, -0.2) is 38.0 Å². The molecule has 2 heterocycles. The summed E-state index contributed by atoms with van der Waals surface area (Å²) in [5.41, 5.74) is 1.03. The van der Waals surface area contributed by atoms with E-state index >= 15 is 0 Å². The SMILES string of the molecule is O=C(C1CCC1)N1CC(F)(F)C[C@H]1c1nncn1Cc1ccccc1. The third-order valence-electron chi connectivity index (χ3n) is 5.15. The van der Waals surface area contributed by atoms with Gasteiger partial charge in [-0.05, 0) is 18.4 Å². The van der Waals surface area contributed by atoms with E-state index in [1.165, 1.54) is 4.90 Å². The summed E-state index contributed by atoms with van der Waals surface area (Å²) in [6, 6.07) is 8.99. The summed E-state index contributed by atoms with van der Waals surface area (Å²) in [6.07, 6.45) is 3.74. The van der Waals surface area contributed by atoms with Gasteiger partial charge in [-0.3, -0.25) is 4.79 Å². The van der Waals surface area contributed by atoms with Crippen LogP contribution in [0, 0.1) is 5.92 Å². The Morgan fingerprint density at radius 2 is 2.00 bits per heavy atom. The van der Waals surface area contributed by atoms with Gasteiger partial charge in [0.15, 0.2) is 5.82 Å². The predicted molar refractivity (Wildman–Crippen MR) is 86.9 cm³/mol. The Morgan fingerprint density at radius 1 is 1.24 bits per heavy atom. The van der Waals surface area contributed by atoms with Crippen molar-refractivity contribution in [3.8, 4) is 0 Å². The van der Waals surface area contributed by atoms with E-state index in [2.05, 4.69) is 10.2 Å². The Morgan fingerprint density at radius 3 is 2.68 bits per heavy atom. The smallest absolute Gasteiger partial charge is 0.267 e. The van der Waals surface area contributed by atoms with E-state index in [-0.39, 0.29) is 18.2 Å². The molecule has 0 radical (unpaired) electrons. The van der Waals surface area contributed by atoms with Crippen molar-refractivity contribution in [2.45, 2.75) is 44.2 Å². The molecule has 0 unspecified atom stereocenters. The number of nitrogens with zero attached hydrogens (tertiary/aromatic N) is 4. The number of carbonyl (C=O) groups excluding carboxylic acids is 1. The highest BCUT2D eigenvalue weighted by atomic mass is 19.3. The summed E-state index contributed by atoms with van der Waals surface area (Å²) in [6.45, 7) is -0.0259. The molecule has 5 nitrogen and oxygen atoms in total. The normalized spacial score (nSPS) is 22.8. The summed E-state index contributed by atoms with van der Waals surface area (Å²) in [5, 5.41) is 7.99. The molecule has 1 saturated carbocycles. The first kappa shape index (κ1) is 16.2. The maximum absolute atomic E-state index is 14.1. The standard InChI is InChI=1S/C18H20F2N4O/c19-18(20)9-15(24(11-18)17(25)14-7-4-8-14)16-22-21-12-23(16)10-13-5-2-1-3-6-13/h1-3,5-6,12,14-15H,4,7-11H2/t15-/m0/s1. The molecular formula is C18H20F2N4O. The van der Waals surface area contributed by atoms with Crippen molar-refractivity contribution in [1.29, 1.82) is 0 Å². The maximum atomic E-state index is 14.1. The number of benzene rings is 1. The van der Waals surface area contributed by atoms with Crippen LogP contribution in [-0.2, 0) is 11.3 Å². The molecule has 0 bridgehead atoms. The zero-order valence-corrected chi connectivity index (χ0v) is 13.8. The summed E-state index contributed by atoms with van der Waals surface area (Å²) in [4.78, 5) is 14.0. The van der Waals surface area contributed by atoms with E-state index in [1.807, 2.05) is 30.3 Å². The van der Waals surface area contributed by atoms with Gasteiger partial charge in [0, 0.05) is 12.3 Å². The van der Waals surface area contributed by atoms with Crippen molar-refractivity contribution >= 4 is 5.91 Å². The monoisotopic (exact) mass is 346 g/mol. The number of carbonyl (C=O) groups is 1. The van der Waals surface area contributed by atoms with Crippen LogP contribution < -0.4 is 0 Å². The summed E-state index contributed by atoms with van der Waals surface area (Å²) >= 11 is 0. The molecule has 1 aromatic carbocycles. The molecule has 7 heteroatoms. The van der Waals surface area contributed by atoms with E-state index < -0.39 is 18.5 Å². The quantitative estimate of drug-likeness (QED) is 0.855. The largest absolute Gasteiger partial charge is 0.326 e. The lowest BCUT2D eigenvalue weighted by molar-refractivity contribution is -0.140. The minimum atomic E-state index is -2.88. The molecule has 0 spiro atoms. The summed E-state index contributed by atoms with van der Waals surface area (Å²) < 4.78 is 29.9. The van der Waals surface area contributed by atoms with Crippen LogP contribution in [0.5, 0.6) is 0 Å². The van der Waals surface area contributed by atoms with Crippen molar-refractivity contribution in [3.63, 3.8) is 0 Å². The zero-order valence-electron chi connectivity index (χ0n) is 13.8. The first-order chi connectivity index (χ1) is 12.0. The molecule has 1 aliphatic heterocycles. The van der Waals surface area contributed by atoms with Gasteiger partial charge < -0.3 is 9.47 Å². The van der Waals surface area contributed by atoms with Crippen molar-refractivity contribution in [1.82, 2.24) is 19.7 Å². The highest BCUT2D eigenvalue weighted by Crippen LogP contribution is 2.43. The minimum absolute atomic E-state index is 0.109. The molecule has 25 heavy (non-hydrogen) atoms. The van der Waals surface area contributed by atoms with Gasteiger partial charge in [0.05, 0.1) is 19.1 Å². The van der Waals surface area contributed by atoms with E-state index in [9.17, 15) is 13.6 Å². The average Bonchev–Trinajstić information content (AvgIpc) is 3.10. The summed E-state index contributed by atoms with van der Waals surface area (Å²) in [7, 11) is 0.